The number of amides is 3. The van der Waals surface area contributed by atoms with Crippen molar-refractivity contribution in [2.24, 2.45) is 0 Å². The Labute approximate surface area is 278 Å². The summed E-state index contributed by atoms with van der Waals surface area (Å²) in [5, 5.41) is 2.98. The van der Waals surface area contributed by atoms with Crippen molar-refractivity contribution in [3.63, 3.8) is 0 Å². The molecule has 2 aromatic carbocycles. The number of hydrogen-bond acceptors (Lipinski definition) is 7. The van der Waals surface area contributed by atoms with Crippen LogP contribution in [0.1, 0.15) is 45.3 Å². The fourth-order valence-electron chi connectivity index (χ4n) is 6.11. The van der Waals surface area contributed by atoms with Crippen LogP contribution in [0.5, 0.6) is 0 Å². The lowest BCUT2D eigenvalue weighted by Crippen LogP contribution is -2.56. The molecule has 3 unspecified atom stereocenters. The topological polar surface area (TPSA) is 149 Å². The molecule has 0 spiro atoms. The second kappa shape index (κ2) is 13.8. The van der Waals surface area contributed by atoms with Gasteiger partial charge in [-0.25, -0.2) is 0 Å². The molecule has 48 heavy (non-hydrogen) atoms. The molecule has 3 atom stereocenters. The molecule has 2 fully saturated rings. The first-order valence-electron chi connectivity index (χ1n) is 15.4. The highest BCUT2D eigenvalue weighted by Crippen LogP contribution is 2.59. The number of alkyl halides is 2. The Kier molecular flexibility index (Phi) is 9.73. The summed E-state index contributed by atoms with van der Waals surface area (Å²) in [4.78, 5) is 67.3. The summed E-state index contributed by atoms with van der Waals surface area (Å²) in [6, 6.07) is 15.8. The number of carbonyl (C=O) groups is 3. The summed E-state index contributed by atoms with van der Waals surface area (Å²) in [5.41, 5.74) is -3.64. The summed E-state index contributed by atoms with van der Waals surface area (Å²) in [6.07, 6.45) is 4.06. The highest BCUT2D eigenvalue weighted by atomic mass is 32.1. The van der Waals surface area contributed by atoms with Gasteiger partial charge in [-0.1, -0.05) is 42.5 Å². The largest absolute Gasteiger partial charge is 0.399 e. The number of aromatic nitrogens is 1. The molecule has 6 rings (SSSR count). The summed E-state index contributed by atoms with van der Waals surface area (Å²) < 4.78 is 46.5. The zero-order valence-corrected chi connectivity index (χ0v) is 27.3. The molecule has 3 amide bonds. The van der Waals surface area contributed by atoms with Gasteiger partial charge in [-0.05, 0) is 53.6 Å². The van der Waals surface area contributed by atoms with Gasteiger partial charge >= 0.3 is 13.3 Å². The van der Waals surface area contributed by atoms with E-state index in [4.69, 9.17) is 14.5 Å². The van der Waals surface area contributed by atoms with Crippen molar-refractivity contribution in [1.82, 2.24) is 20.1 Å². The maximum atomic E-state index is 14.4. The zero-order chi connectivity index (χ0) is 34.1. The number of carbonyl (C=O) groups excluding carboxylic acids is 3. The minimum atomic E-state index is -5.78. The number of likely N-dealkylation sites (tertiary alicyclic amines) is 1. The van der Waals surface area contributed by atoms with Crippen LogP contribution in [0.25, 0.3) is 10.1 Å². The number of benzene rings is 2. The minimum absolute atomic E-state index is 0.0903. The number of morpholine rings is 1. The second-order valence-electron chi connectivity index (χ2n) is 11.8. The van der Waals surface area contributed by atoms with Crippen LogP contribution >= 0.6 is 18.9 Å². The lowest BCUT2D eigenvalue weighted by atomic mass is 10.0. The lowest BCUT2D eigenvalue weighted by Gasteiger charge is -2.37. The first kappa shape index (κ1) is 33.8. The molecule has 2 aliphatic heterocycles. The van der Waals surface area contributed by atoms with Gasteiger partial charge in [-0.3, -0.25) is 23.9 Å². The van der Waals surface area contributed by atoms with Crippen molar-refractivity contribution in [3.05, 3.63) is 101 Å². The van der Waals surface area contributed by atoms with Gasteiger partial charge < -0.3 is 29.6 Å². The quantitative estimate of drug-likeness (QED) is 0.217. The molecule has 252 valence electrons. The van der Waals surface area contributed by atoms with Crippen LogP contribution in [0.15, 0.2) is 79.1 Å². The highest BCUT2D eigenvalue weighted by Gasteiger charge is 2.50. The second-order valence-corrected chi connectivity index (χ2v) is 14.5. The fourth-order valence-corrected chi connectivity index (χ4v) is 7.53. The van der Waals surface area contributed by atoms with Crippen LogP contribution in [-0.4, -0.2) is 80.6 Å². The molecule has 11 nitrogen and oxygen atoms in total. The molecule has 4 heterocycles. The molecule has 2 saturated heterocycles. The molecular weight excluding hydrogens is 665 g/mol. The van der Waals surface area contributed by atoms with E-state index < -0.39 is 42.7 Å². The van der Waals surface area contributed by atoms with Crippen molar-refractivity contribution < 1.29 is 42.3 Å². The Balaban J connectivity index is 1.22. The summed E-state index contributed by atoms with van der Waals surface area (Å²) >= 11 is 0.986. The predicted octanol–water partition coefficient (Wildman–Crippen LogP) is 4.46. The molecule has 0 saturated carbocycles. The lowest BCUT2D eigenvalue weighted by molar-refractivity contribution is -0.149. The van der Waals surface area contributed by atoms with E-state index in [9.17, 15) is 27.7 Å². The van der Waals surface area contributed by atoms with Crippen molar-refractivity contribution in [2.45, 2.75) is 43.1 Å². The van der Waals surface area contributed by atoms with Crippen LogP contribution in [0.2, 0.25) is 0 Å². The number of rotatable bonds is 9. The molecule has 2 aliphatic rings. The van der Waals surface area contributed by atoms with E-state index in [1.807, 2.05) is 30.3 Å². The molecule has 0 radical (unpaired) electrons. The van der Waals surface area contributed by atoms with Crippen LogP contribution in [0, 0.1) is 0 Å². The Morgan fingerprint density at radius 3 is 2.60 bits per heavy atom. The van der Waals surface area contributed by atoms with Crippen LogP contribution in [-0.2, 0) is 31.0 Å². The van der Waals surface area contributed by atoms with E-state index >= 15 is 0 Å². The van der Waals surface area contributed by atoms with Crippen LogP contribution in [0.4, 0.5) is 8.78 Å². The number of hydrogen-bond donors (Lipinski definition) is 3. The van der Waals surface area contributed by atoms with Gasteiger partial charge in [0.1, 0.15) is 18.2 Å². The van der Waals surface area contributed by atoms with Crippen LogP contribution < -0.4 is 5.32 Å². The number of halogens is 2. The Morgan fingerprint density at radius 2 is 1.88 bits per heavy atom. The van der Waals surface area contributed by atoms with E-state index in [1.165, 1.54) is 17.0 Å². The maximum Gasteiger partial charge on any atom is 0.399 e. The molecule has 4 aromatic rings. The van der Waals surface area contributed by atoms with Gasteiger partial charge in [-0.2, -0.15) is 8.78 Å². The number of nitrogens with zero attached hydrogens (tertiary/aromatic N) is 3. The maximum absolute atomic E-state index is 14.4. The van der Waals surface area contributed by atoms with E-state index in [2.05, 4.69) is 10.3 Å². The third kappa shape index (κ3) is 7.03. The van der Waals surface area contributed by atoms with Crippen molar-refractivity contribution in [3.8, 4) is 0 Å². The first-order chi connectivity index (χ1) is 22.9. The number of thiophene rings is 1. The third-order valence-corrected chi connectivity index (χ3v) is 10.7. The monoisotopic (exact) mass is 698 g/mol. The van der Waals surface area contributed by atoms with Gasteiger partial charge in [0.2, 0.25) is 11.8 Å². The molecule has 2 aromatic heterocycles. The molecule has 0 bridgehead atoms. The van der Waals surface area contributed by atoms with Crippen LogP contribution in [0.3, 0.4) is 0 Å². The van der Waals surface area contributed by atoms with Gasteiger partial charge in [0.15, 0.2) is 0 Å². The summed E-state index contributed by atoms with van der Waals surface area (Å²) in [5.74, 6) is -1.24. The van der Waals surface area contributed by atoms with E-state index in [1.54, 1.807) is 29.4 Å². The molecule has 3 N–H and O–H groups in total. The van der Waals surface area contributed by atoms with Gasteiger partial charge in [0.25, 0.3) is 5.91 Å². The SMILES string of the molecule is O=C(NC(Cc1cccnc1)C(=O)N1CCCC1C(=O)N1CCOC(c2ccccc2)C1)c1cc2cc(C(F)(F)P(=O)(O)O)ccc2s1. The highest BCUT2D eigenvalue weighted by molar-refractivity contribution is 7.52. The number of nitrogens with one attached hydrogen (secondary N) is 1. The fraction of sp³-hybridized carbons (Fsp3) is 0.333. The van der Waals surface area contributed by atoms with E-state index in [0.29, 0.717) is 49.3 Å². The zero-order valence-electron chi connectivity index (χ0n) is 25.6. The van der Waals surface area contributed by atoms with Crippen molar-refractivity contribution in [1.29, 1.82) is 0 Å². The van der Waals surface area contributed by atoms with Crippen molar-refractivity contribution >= 4 is 46.7 Å². The van der Waals surface area contributed by atoms with Gasteiger partial charge in [-0.15, -0.1) is 11.3 Å². The Bertz CT molecular complexity index is 1860. The molecule has 0 aliphatic carbocycles. The summed E-state index contributed by atoms with van der Waals surface area (Å²) in [7, 11) is -5.78. The van der Waals surface area contributed by atoms with Gasteiger partial charge in [0.05, 0.1) is 18.0 Å². The Hall–Kier alpha value is -4.07. The first-order valence-corrected chi connectivity index (χ1v) is 17.8. The number of pyridine rings is 1. The molecule has 15 heteroatoms. The molecular formula is C33H33F2N4O7PS. The third-order valence-electron chi connectivity index (χ3n) is 8.59. The normalized spacial score (nSPS) is 19.3. The number of ether oxygens (including phenoxy) is 1. The Morgan fingerprint density at radius 1 is 1.08 bits per heavy atom. The standard InChI is InChI=1S/C33H33F2N4O7PS/c34-33(35,47(43,44)45)24-10-11-28-23(17-24)18-29(48-28)30(40)37-25(16-21-6-4-12-36-19-21)31(41)39-13-5-9-26(39)32(42)38-14-15-46-27(20-38)22-7-2-1-3-8-22/h1-4,6-8,10-12,17-19,25-27H,5,9,13-16,20H2,(H,37,40)(H2,43,44,45). The number of fused-ring (bicyclic) bond motifs is 1. The van der Waals surface area contributed by atoms with Gasteiger partial charge in [0, 0.05) is 42.2 Å². The minimum Gasteiger partial charge on any atom is -0.370 e. The summed E-state index contributed by atoms with van der Waals surface area (Å²) in [6.45, 7) is 1.44. The van der Waals surface area contributed by atoms with E-state index in [-0.39, 0.29) is 28.7 Å². The smallest absolute Gasteiger partial charge is 0.370 e. The average molecular weight is 699 g/mol. The van der Waals surface area contributed by atoms with E-state index in [0.717, 1.165) is 29.0 Å². The predicted molar refractivity (Wildman–Crippen MR) is 173 cm³/mol. The average Bonchev–Trinajstić information content (AvgIpc) is 3.75. The van der Waals surface area contributed by atoms with Crippen molar-refractivity contribution in [2.75, 3.05) is 26.2 Å².